The van der Waals surface area contributed by atoms with Crippen LogP contribution in [0.2, 0.25) is 0 Å². The van der Waals surface area contributed by atoms with Gasteiger partial charge in [0, 0.05) is 10.2 Å². The van der Waals surface area contributed by atoms with Gasteiger partial charge in [-0.2, -0.15) is 0 Å². The second-order valence-electron chi connectivity index (χ2n) is 5.68. The van der Waals surface area contributed by atoms with Gasteiger partial charge in [0.15, 0.2) is 5.69 Å². The van der Waals surface area contributed by atoms with E-state index in [1.165, 1.54) is 0 Å². The fraction of sp³-hybridized carbons (Fsp3) is 0.167. The van der Waals surface area contributed by atoms with E-state index in [2.05, 4.69) is 31.6 Å². The van der Waals surface area contributed by atoms with Crippen molar-refractivity contribution in [3.63, 3.8) is 0 Å². The van der Waals surface area contributed by atoms with Gasteiger partial charge in [0.2, 0.25) is 0 Å². The molecule has 1 heterocycles. The van der Waals surface area contributed by atoms with Crippen LogP contribution in [0.4, 0.5) is 5.69 Å². The number of rotatable bonds is 3. The lowest BCUT2D eigenvalue weighted by Crippen LogP contribution is -2.15. The Kier molecular flexibility index (Phi) is 4.49. The Morgan fingerprint density at radius 1 is 1.08 bits per heavy atom. The molecule has 0 saturated heterocycles. The van der Waals surface area contributed by atoms with Gasteiger partial charge in [-0.25, -0.2) is 4.68 Å². The van der Waals surface area contributed by atoms with Gasteiger partial charge < -0.3 is 5.32 Å². The number of nitrogens with zero attached hydrogens (tertiary/aromatic N) is 3. The van der Waals surface area contributed by atoms with E-state index in [0.29, 0.717) is 11.4 Å². The second kappa shape index (κ2) is 6.57. The van der Waals surface area contributed by atoms with Gasteiger partial charge in [-0.1, -0.05) is 38.8 Å². The van der Waals surface area contributed by atoms with E-state index in [-0.39, 0.29) is 5.91 Å². The Labute approximate surface area is 148 Å². The Balaban J connectivity index is 1.87. The molecular formula is C18H17BrN4O. The highest BCUT2D eigenvalue weighted by Crippen LogP contribution is 2.19. The number of carbonyl (C=O) groups excluding carboxylic acids is 1. The molecule has 0 spiro atoms. The first kappa shape index (κ1) is 16.4. The first-order valence-corrected chi connectivity index (χ1v) is 8.32. The third-order valence-corrected chi connectivity index (χ3v) is 4.34. The molecular weight excluding hydrogens is 368 g/mol. The minimum atomic E-state index is -0.261. The largest absolute Gasteiger partial charge is 0.320 e. The summed E-state index contributed by atoms with van der Waals surface area (Å²) in [5.41, 5.74) is 4.82. The third-order valence-electron chi connectivity index (χ3n) is 3.81. The molecule has 0 saturated carbocycles. The second-order valence-corrected chi connectivity index (χ2v) is 6.60. The van der Waals surface area contributed by atoms with Crippen LogP contribution in [0.3, 0.4) is 0 Å². The molecule has 0 aliphatic carbocycles. The lowest BCUT2D eigenvalue weighted by Gasteiger charge is -2.08. The number of anilines is 1. The zero-order valence-electron chi connectivity index (χ0n) is 13.7. The molecule has 2 aromatic carbocycles. The Bertz CT molecular complexity index is 900. The fourth-order valence-electron chi connectivity index (χ4n) is 2.50. The highest BCUT2D eigenvalue weighted by Gasteiger charge is 2.18. The molecule has 3 aromatic rings. The van der Waals surface area contributed by atoms with Crippen LogP contribution in [-0.2, 0) is 0 Å². The summed E-state index contributed by atoms with van der Waals surface area (Å²) >= 11 is 3.40. The molecule has 0 aliphatic heterocycles. The van der Waals surface area contributed by atoms with Crippen molar-refractivity contribution in [3.05, 3.63) is 69.5 Å². The Hall–Kier alpha value is -2.47. The maximum Gasteiger partial charge on any atom is 0.278 e. The summed E-state index contributed by atoms with van der Waals surface area (Å²) in [6, 6.07) is 13.6. The maximum absolute atomic E-state index is 12.5. The summed E-state index contributed by atoms with van der Waals surface area (Å²) in [4.78, 5) is 12.5. The number of aromatic nitrogens is 3. The molecule has 1 aromatic heterocycles. The van der Waals surface area contributed by atoms with Gasteiger partial charge in [0.1, 0.15) is 0 Å². The number of hydrogen-bond acceptors (Lipinski definition) is 3. The zero-order valence-corrected chi connectivity index (χ0v) is 15.3. The molecule has 6 heteroatoms. The number of nitrogens with one attached hydrogen (secondary N) is 1. The summed E-state index contributed by atoms with van der Waals surface area (Å²) in [5, 5.41) is 11.1. The monoisotopic (exact) mass is 384 g/mol. The molecule has 0 radical (unpaired) electrons. The van der Waals surface area contributed by atoms with Crippen molar-refractivity contribution in [3.8, 4) is 5.69 Å². The summed E-state index contributed by atoms with van der Waals surface area (Å²) in [5.74, 6) is -0.261. The SMILES string of the molecule is Cc1ccc(NC(=O)c2nnn(-c3ccc(Br)cc3)c2C)c(C)c1. The smallest absolute Gasteiger partial charge is 0.278 e. The zero-order chi connectivity index (χ0) is 17.3. The predicted octanol–water partition coefficient (Wildman–Crippen LogP) is 4.21. The van der Waals surface area contributed by atoms with Gasteiger partial charge in [0.05, 0.1) is 11.4 Å². The van der Waals surface area contributed by atoms with Crippen molar-refractivity contribution in [1.82, 2.24) is 15.0 Å². The summed E-state index contributed by atoms with van der Waals surface area (Å²) < 4.78 is 2.64. The van der Waals surface area contributed by atoms with Crippen LogP contribution < -0.4 is 5.32 Å². The van der Waals surface area contributed by atoms with Crippen LogP contribution in [0, 0.1) is 20.8 Å². The summed E-state index contributed by atoms with van der Waals surface area (Å²) in [7, 11) is 0. The van der Waals surface area contributed by atoms with Crippen LogP contribution in [0.5, 0.6) is 0 Å². The number of aryl methyl sites for hydroxylation is 2. The van der Waals surface area contributed by atoms with E-state index in [9.17, 15) is 4.79 Å². The average molecular weight is 385 g/mol. The van der Waals surface area contributed by atoms with Crippen LogP contribution >= 0.6 is 15.9 Å². The summed E-state index contributed by atoms with van der Waals surface area (Å²) in [6.45, 7) is 5.82. The highest BCUT2D eigenvalue weighted by molar-refractivity contribution is 9.10. The van der Waals surface area contributed by atoms with Gasteiger partial charge >= 0.3 is 0 Å². The number of hydrogen-bond donors (Lipinski definition) is 1. The van der Waals surface area contributed by atoms with Crippen molar-refractivity contribution in [2.24, 2.45) is 0 Å². The molecule has 0 atom stereocenters. The molecule has 0 bridgehead atoms. The highest BCUT2D eigenvalue weighted by atomic mass is 79.9. The number of halogens is 1. The van der Waals surface area contributed by atoms with E-state index < -0.39 is 0 Å². The summed E-state index contributed by atoms with van der Waals surface area (Å²) in [6.07, 6.45) is 0. The molecule has 122 valence electrons. The fourth-order valence-corrected chi connectivity index (χ4v) is 2.77. The first-order valence-electron chi connectivity index (χ1n) is 7.52. The van der Waals surface area contributed by atoms with Crippen molar-refractivity contribution in [2.45, 2.75) is 20.8 Å². The van der Waals surface area contributed by atoms with Gasteiger partial charge in [-0.05, 0) is 56.7 Å². The molecule has 5 nitrogen and oxygen atoms in total. The van der Waals surface area contributed by atoms with Gasteiger partial charge in [-0.15, -0.1) is 5.10 Å². The van der Waals surface area contributed by atoms with Crippen LogP contribution in [-0.4, -0.2) is 20.9 Å². The molecule has 24 heavy (non-hydrogen) atoms. The molecule has 1 N–H and O–H groups in total. The quantitative estimate of drug-likeness (QED) is 0.735. The molecule has 0 fully saturated rings. The van der Waals surface area contributed by atoms with Crippen LogP contribution in [0.1, 0.15) is 27.3 Å². The van der Waals surface area contributed by atoms with Gasteiger partial charge in [0.25, 0.3) is 5.91 Å². The van der Waals surface area contributed by atoms with Crippen molar-refractivity contribution in [2.75, 3.05) is 5.32 Å². The topological polar surface area (TPSA) is 59.8 Å². The van der Waals surface area contributed by atoms with Gasteiger partial charge in [-0.3, -0.25) is 4.79 Å². The standard InChI is InChI=1S/C18H17BrN4O/c1-11-4-9-16(12(2)10-11)20-18(24)17-13(3)23(22-21-17)15-7-5-14(19)6-8-15/h4-10H,1-3H3,(H,20,24). The predicted molar refractivity (Wildman–Crippen MR) is 97.7 cm³/mol. The average Bonchev–Trinajstić information content (AvgIpc) is 2.92. The van der Waals surface area contributed by atoms with Crippen molar-refractivity contribution >= 4 is 27.5 Å². The lowest BCUT2D eigenvalue weighted by atomic mass is 10.1. The van der Waals surface area contributed by atoms with Crippen molar-refractivity contribution < 1.29 is 4.79 Å². The normalized spacial score (nSPS) is 10.7. The van der Waals surface area contributed by atoms with Crippen LogP contribution in [0.25, 0.3) is 5.69 Å². The number of carbonyl (C=O) groups is 1. The first-order chi connectivity index (χ1) is 11.5. The van der Waals surface area contributed by atoms with E-state index in [1.54, 1.807) is 4.68 Å². The molecule has 3 rings (SSSR count). The van der Waals surface area contributed by atoms with E-state index in [0.717, 1.165) is 27.0 Å². The minimum absolute atomic E-state index is 0.261. The molecule has 0 aliphatic rings. The maximum atomic E-state index is 12.5. The van der Waals surface area contributed by atoms with E-state index in [4.69, 9.17) is 0 Å². The molecule has 0 unspecified atom stereocenters. The lowest BCUT2D eigenvalue weighted by molar-refractivity contribution is 0.102. The van der Waals surface area contributed by atoms with E-state index >= 15 is 0 Å². The minimum Gasteiger partial charge on any atom is -0.320 e. The Morgan fingerprint density at radius 2 is 1.79 bits per heavy atom. The van der Waals surface area contributed by atoms with Crippen LogP contribution in [0.15, 0.2) is 46.9 Å². The van der Waals surface area contributed by atoms with Crippen molar-refractivity contribution in [1.29, 1.82) is 0 Å². The number of amides is 1. The van der Waals surface area contributed by atoms with E-state index in [1.807, 2.05) is 63.2 Å². The third kappa shape index (κ3) is 3.23. The number of benzene rings is 2. The Morgan fingerprint density at radius 3 is 2.46 bits per heavy atom. The molecule has 1 amide bonds.